The molecule has 0 atom stereocenters. The molecule has 0 heterocycles. The van der Waals surface area contributed by atoms with Crippen molar-refractivity contribution in [3.8, 4) is 0 Å². The Labute approximate surface area is 110 Å². The summed E-state index contributed by atoms with van der Waals surface area (Å²) in [6.07, 6.45) is -0.591. The second kappa shape index (κ2) is 7.45. The van der Waals surface area contributed by atoms with Crippen molar-refractivity contribution in [1.82, 2.24) is 5.32 Å². The first-order valence-corrected chi connectivity index (χ1v) is 5.63. The van der Waals surface area contributed by atoms with E-state index in [0.717, 1.165) is 0 Å². The van der Waals surface area contributed by atoms with E-state index in [-0.39, 0.29) is 24.6 Å². The Bertz CT molecular complexity index is 446. The van der Waals surface area contributed by atoms with Crippen LogP contribution in [0.25, 0.3) is 0 Å². The van der Waals surface area contributed by atoms with Gasteiger partial charge >= 0.3 is 0 Å². The quantitative estimate of drug-likeness (QED) is 0.450. The molecule has 0 fully saturated rings. The molecule has 0 saturated carbocycles. The first-order valence-electron chi connectivity index (χ1n) is 5.63. The number of benzene rings is 1. The number of nitrogens with zero attached hydrogens (tertiary/aromatic N) is 1. The van der Waals surface area contributed by atoms with Crippen molar-refractivity contribution >= 4 is 11.6 Å². The zero-order chi connectivity index (χ0) is 14.3. The first kappa shape index (κ1) is 15.1. The van der Waals surface area contributed by atoms with Crippen molar-refractivity contribution in [2.24, 2.45) is 0 Å². The van der Waals surface area contributed by atoms with Crippen LogP contribution in [0.4, 0.5) is 5.69 Å². The summed E-state index contributed by atoms with van der Waals surface area (Å²) >= 11 is 0. The number of amides is 1. The number of hydrogen-bond acceptors (Lipinski definition) is 5. The number of hydrogen-bond donors (Lipinski definition) is 1. The fraction of sp³-hybridized carbons (Fsp3) is 0.417. The fourth-order valence-electron chi connectivity index (χ4n) is 1.53. The summed E-state index contributed by atoms with van der Waals surface area (Å²) in [5, 5.41) is 13.4. The lowest BCUT2D eigenvalue weighted by Gasteiger charge is -2.13. The van der Waals surface area contributed by atoms with Gasteiger partial charge in [0.15, 0.2) is 6.29 Å². The van der Waals surface area contributed by atoms with Gasteiger partial charge in [-0.05, 0) is 0 Å². The van der Waals surface area contributed by atoms with Crippen LogP contribution in [-0.4, -0.2) is 37.9 Å². The van der Waals surface area contributed by atoms with Crippen molar-refractivity contribution in [3.63, 3.8) is 0 Å². The van der Waals surface area contributed by atoms with E-state index in [1.165, 1.54) is 20.3 Å². The lowest BCUT2D eigenvalue weighted by Crippen LogP contribution is -2.35. The monoisotopic (exact) mass is 268 g/mol. The van der Waals surface area contributed by atoms with Crippen LogP contribution in [-0.2, 0) is 20.7 Å². The highest BCUT2D eigenvalue weighted by atomic mass is 16.7. The van der Waals surface area contributed by atoms with Crippen LogP contribution in [0.5, 0.6) is 0 Å². The summed E-state index contributed by atoms with van der Waals surface area (Å²) in [5.41, 5.74) is 0.309. The summed E-state index contributed by atoms with van der Waals surface area (Å²) < 4.78 is 9.83. The number of methoxy groups -OCH3 is 2. The number of carbonyl (C=O) groups excluding carboxylic acids is 1. The van der Waals surface area contributed by atoms with Gasteiger partial charge in [-0.15, -0.1) is 0 Å². The molecular formula is C12H16N2O5. The van der Waals surface area contributed by atoms with Crippen molar-refractivity contribution in [2.75, 3.05) is 20.8 Å². The zero-order valence-corrected chi connectivity index (χ0v) is 10.8. The number of nitro groups is 1. The summed E-state index contributed by atoms with van der Waals surface area (Å²) in [6.45, 7) is 0.187. The molecule has 0 saturated heterocycles. The Morgan fingerprint density at radius 1 is 1.37 bits per heavy atom. The second-order valence-corrected chi connectivity index (χ2v) is 3.77. The van der Waals surface area contributed by atoms with E-state index in [1.54, 1.807) is 18.2 Å². The second-order valence-electron chi connectivity index (χ2n) is 3.77. The number of rotatable bonds is 7. The lowest BCUT2D eigenvalue weighted by molar-refractivity contribution is -0.385. The molecule has 0 aliphatic carbocycles. The number of ether oxygens (including phenoxy) is 2. The summed E-state index contributed by atoms with van der Waals surface area (Å²) in [4.78, 5) is 22.0. The molecule has 0 aromatic heterocycles. The topological polar surface area (TPSA) is 90.7 Å². The third-order valence-corrected chi connectivity index (χ3v) is 2.53. The smallest absolute Gasteiger partial charge is 0.273 e. The molecule has 0 spiro atoms. The molecule has 19 heavy (non-hydrogen) atoms. The predicted molar refractivity (Wildman–Crippen MR) is 67.6 cm³/mol. The van der Waals surface area contributed by atoms with Crippen molar-refractivity contribution in [1.29, 1.82) is 0 Å². The third kappa shape index (κ3) is 4.65. The van der Waals surface area contributed by atoms with E-state index in [1.807, 2.05) is 0 Å². The van der Waals surface area contributed by atoms with E-state index in [2.05, 4.69) is 5.32 Å². The van der Waals surface area contributed by atoms with Crippen molar-refractivity contribution < 1.29 is 19.2 Å². The van der Waals surface area contributed by atoms with Gasteiger partial charge in [0.25, 0.3) is 5.69 Å². The molecule has 1 amide bonds. The number of para-hydroxylation sites is 1. The van der Waals surface area contributed by atoms with Crippen LogP contribution in [0.2, 0.25) is 0 Å². The molecule has 1 aromatic rings. The van der Waals surface area contributed by atoms with Gasteiger partial charge < -0.3 is 14.8 Å². The van der Waals surface area contributed by atoms with E-state index < -0.39 is 11.2 Å². The Morgan fingerprint density at radius 3 is 2.58 bits per heavy atom. The van der Waals surface area contributed by atoms with Crippen molar-refractivity contribution in [2.45, 2.75) is 12.7 Å². The standard InChI is InChI=1S/C12H16N2O5/c1-18-12(19-2)8-13-11(15)7-9-5-3-4-6-10(9)14(16)17/h3-6,12H,7-8H2,1-2H3,(H,13,15). The highest BCUT2D eigenvalue weighted by Crippen LogP contribution is 2.17. The summed E-state index contributed by atoms with van der Waals surface area (Å²) in [5.74, 6) is -0.326. The molecule has 0 unspecified atom stereocenters. The van der Waals surface area contributed by atoms with Crippen LogP contribution in [0.3, 0.4) is 0 Å². The Hall–Kier alpha value is -1.99. The highest BCUT2D eigenvalue weighted by molar-refractivity contribution is 5.79. The van der Waals surface area contributed by atoms with Gasteiger partial charge in [-0.3, -0.25) is 14.9 Å². The molecular weight excluding hydrogens is 252 g/mol. The minimum atomic E-state index is -0.533. The van der Waals surface area contributed by atoms with Gasteiger partial charge in [0.05, 0.1) is 17.9 Å². The van der Waals surface area contributed by atoms with Gasteiger partial charge in [-0.1, -0.05) is 18.2 Å². The van der Waals surface area contributed by atoms with E-state index in [4.69, 9.17) is 9.47 Å². The Morgan fingerprint density at radius 2 is 2.00 bits per heavy atom. The van der Waals surface area contributed by atoms with Gasteiger partial charge in [0.2, 0.25) is 5.91 Å². The maximum atomic E-state index is 11.7. The molecule has 104 valence electrons. The van der Waals surface area contributed by atoms with Gasteiger partial charge in [-0.2, -0.15) is 0 Å². The normalized spacial score (nSPS) is 10.5. The minimum absolute atomic E-state index is 0.0582. The van der Waals surface area contributed by atoms with Crippen molar-refractivity contribution in [3.05, 3.63) is 39.9 Å². The SMILES string of the molecule is COC(CNC(=O)Cc1ccccc1[N+](=O)[O-])OC. The fourth-order valence-corrected chi connectivity index (χ4v) is 1.53. The van der Waals surface area contributed by atoms with Gasteiger partial charge in [-0.25, -0.2) is 0 Å². The molecule has 0 aliphatic heterocycles. The Kier molecular flexibility index (Phi) is 5.91. The average molecular weight is 268 g/mol. The van der Waals surface area contributed by atoms with Gasteiger partial charge in [0, 0.05) is 25.8 Å². The van der Waals surface area contributed by atoms with Crippen LogP contribution >= 0.6 is 0 Å². The number of carbonyl (C=O) groups is 1. The maximum Gasteiger partial charge on any atom is 0.273 e. The van der Waals surface area contributed by atoms with Crippen LogP contribution in [0.15, 0.2) is 24.3 Å². The molecule has 1 rings (SSSR count). The molecule has 0 aliphatic rings. The molecule has 0 bridgehead atoms. The third-order valence-electron chi connectivity index (χ3n) is 2.53. The van der Waals surface area contributed by atoms with E-state index in [0.29, 0.717) is 5.56 Å². The largest absolute Gasteiger partial charge is 0.354 e. The zero-order valence-electron chi connectivity index (χ0n) is 10.8. The van der Waals surface area contributed by atoms with Crippen LogP contribution in [0.1, 0.15) is 5.56 Å². The minimum Gasteiger partial charge on any atom is -0.354 e. The molecule has 0 radical (unpaired) electrons. The number of nitro benzene ring substituents is 1. The number of nitrogens with one attached hydrogen (secondary N) is 1. The van der Waals surface area contributed by atoms with Gasteiger partial charge in [0.1, 0.15) is 0 Å². The predicted octanol–water partition coefficient (Wildman–Crippen LogP) is 0.872. The summed E-state index contributed by atoms with van der Waals surface area (Å²) in [6, 6.07) is 6.14. The van der Waals surface area contributed by atoms with E-state index >= 15 is 0 Å². The molecule has 7 nitrogen and oxygen atoms in total. The Balaban J connectivity index is 2.60. The van der Waals surface area contributed by atoms with Crippen LogP contribution in [0, 0.1) is 10.1 Å². The average Bonchev–Trinajstić information content (AvgIpc) is 2.40. The highest BCUT2D eigenvalue weighted by Gasteiger charge is 2.16. The summed E-state index contributed by atoms with van der Waals surface area (Å²) in [7, 11) is 2.92. The van der Waals surface area contributed by atoms with E-state index in [9.17, 15) is 14.9 Å². The molecule has 7 heteroatoms. The lowest BCUT2D eigenvalue weighted by atomic mass is 10.1. The molecule has 1 aromatic carbocycles. The maximum absolute atomic E-state index is 11.7. The molecule has 1 N–H and O–H groups in total. The van der Waals surface area contributed by atoms with Crippen LogP contribution < -0.4 is 5.32 Å². The first-order chi connectivity index (χ1) is 9.08.